The lowest BCUT2D eigenvalue weighted by Crippen LogP contribution is -2.56. The van der Waals surface area contributed by atoms with Crippen LogP contribution >= 0.6 is 0 Å². The number of nitrogens with zero attached hydrogens (tertiary/aromatic N) is 3. The first kappa shape index (κ1) is 16.4. The Morgan fingerprint density at radius 1 is 1.17 bits per heavy atom. The molecular formula is C18H21N3O3. The number of nitro groups is 1. The molecule has 1 aliphatic heterocycles. The highest BCUT2D eigenvalue weighted by Crippen LogP contribution is 2.30. The molecule has 2 aromatic rings. The summed E-state index contributed by atoms with van der Waals surface area (Å²) in [6, 6.07) is 16.9. The van der Waals surface area contributed by atoms with Crippen molar-refractivity contribution in [3.05, 3.63) is 70.3 Å². The van der Waals surface area contributed by atoms with Crippen molar-refractivity contribution in [2.45, 2.75) is 6.61 Å². The Hall–Kier alpha value is -2.44. The number of para-hydroxylation sites is 2. The molecule has 0 spiro atoms. The molecule has 0 amide bonds. The summed E-state index contributed by atoms with van der Waals surface area (Å²) in [5, 5.41) is 15.1. The van der Waals surface area contributed by atoms with Gasteiger partial charge in [-0.3, -0.25) is 10.1 Å². The van der Waals surface area contributed by atoms with E-state index in [0.717, 1.165) is 13.1 Å². The van der Waals surface area contributed by atoms with E-state index >= 15 is 0 Å². The Kier molecular flexibility index (Phi) is 5.08. The molecule has 0 atom stereocenters. The molecule has 6 nitrogen and oxygen atoms in total. The minimum atomic E-state index is -0.341. The van der Waals surface area contributed by atoms with E-state index in [0.29, 0.717) is 24.8 Å². The number of hydrogen-bond acceptors (Lipinski definition) is 5. The Bertz CT molecular complexity index is 687. The van der Waals surface area contributed by atoms with Gasteiger partial charge >= 0.3 is 0 Å². The van der Waals surface area contributed by atoms with E-state index in [2.05, 4.69) is 17.1 Å². The van der Waals surface area contributed by atoms with Crippen molar-refractivity contribution < 1.29 is 9.66 Å². The zero-order valence-electron chi connectivity index (χ0n) is 13.7. The topological polar surface area (TPSA) is 58.8 Å². The molecule has 24 heavy (non-hydrogen) atoms. The van der Waals surface area contributed by atoms with Crippen molar-refractivity contribution in [2.75, 3.05) is 31.8 Å². The average Bonchev–Trinajstić information content (AvgIpc) is 2.57. The smallest absolute Gasteiger partial charge is 0.293 e. The number of hydrazine groups is 1. The lowest BCUT2D eigenvalue weighted by molar-refractivity contribution is -0.384. The van der Waals surface area contributed by atoms with Crippen molar-refractivity contribution in [1.29, 1.82) is 0 Å². The Morgan fingerprint density at radius 3 is 2.54 bits per heavy atom. The number of anilines is 1. The predicted octanol–water partition coefficient (Wildman–Crippen LogP) is 3.09. The van der Waals surface area contributed by atoms with Gasteiger partial charge in [0.05, 0.1) is 18.1 Å². The zero-order valence-corrected chi connectivity index (χ0v) is 13.7. The van der Waals surface area contributed by atoms with Crippen molar-refractivity contribution in [3.8, 4) is 0 Å². The minimum absolute atomic E-state index is 0.128. The average molecular weight is 327 g/mol. The molecule has 1 aliphatic rings. The second-order valence-corrected chi connectivity index (χ2v) is 6.01. The van der Waals surface area contributed by atoms with Crippen LogP contribution in [0.1, 0.15) is 5.56 Å². The van der Waals surface area contributed by atoms with Gasteiger partial charge in [-0.1, -0.05) is 42.5 Å². The van der Waals surface area contributed by atoms with Crippen LogP contribution in [-0.2, 0) is 11.3 Å². The fourth-order valence-electron chi connectivity index (χ4n) is 2.86. The van der Waals surface area contributed by atoms with Gasteiger partial charge in [0.25, 0.3) is 5.69 Å². The maximum atomic E-state index is 11.1. The van der Waals surface area contributed by atoms with Crippen molar-refractivity contribution in [2.24, 2.45) is 5.92 Å². The summed E-state index contributed by atoms with van der Waals surface area (Å²) in [5.74, 6) is 0.457. The highest BCUT2D eigenvalue weighted by atomic mass is 16.6. The van der Waals surface area contributed by atoms with Crippen LogP contribution in [0.3, 0.4) is 0 Å². The summed E-state index contributed by atoms with van der Waals surface area (Å²) in [7, 11) is 1.86. The third-order valence-electron chi connectivity index (χ3n) is 4.25. The quantitative estimate of drug-likeness (QED) is 0.578. The van der Waals surface area contributed by atoms with E-state index < -0.39 is 0 Å². The first-order chi connectivity index (χ1) is 11.6. The van der Waals surface area contributed by atoms with Gasteiger partial charge in [-0.2, -0.15) is 0 Å². The molecule has 0 saturated carbocycles. The summed E-state index contributed by atoms with van der Waals surface area (Å²) in [6.45, 7) is 3.02. The Morgan fingerprint density at radius 2 is 1.83 bits per heavy atom. The molecule has 1 fully saturated rings. The molecule has 0 unspecified atom stereocenters. The van der Waals surface area contributed by atoms with Crippen molar-refractivity contribution in [3.63, 3.8) is 0 Å². The van der Waals surface area contributed by atoms with E-state index in [-0.39, 0.29) is 10.6 Å². The van der Waals surface area contributed by atoms with E-state index in [1.165, 1.54) is 11.6 Å². The second kappa shape index (κ2) is 7.42. The highest BCUT2D eigenvalue weighted by Gasteiger charge is 2.32. The van der Waals surface area contributed by atoms with Gasteiger partial charge < -0.3 is 9.75 Å². The molecule has 3 rings (SSSR count). The van der Waals surface area contributed by atoms with Gasteiger partial charge in [0, 0.05) is 32.1 Å². The van der Waals surface area contributed by atoms with Crippen molar-refractivity contribution in [1.82, 2.24) is 5.01 Å². The molecule has 2 aromatic carbocycles. The van der Waals surface area contributed by atoms with Crippen LogP contribution in [0.4, 0.5) is 11.4 Å². The number of ether oxygens (including phenoxy) is 1. The van der Waals surface area contributed by atoms with Gasteiger partial charge in [0.2, 0.25) is 0 Å². The third-order valence-corrected chi connectivity index (χ3v) is 4.25. The summed E-state index contributed by atoms with van der Waals surface area (Å²) in [6.07, 6.45) is 0. The minimum Gasteiger partial charge on any atom is -0.376 e. The largest absolute Gasteiger partial charge is 0.376 e. The van der Waals surface area contributed by atoms with E-state index in [9.17, 15) is 10.1 Å². The fraction of sp³-hybridized carbons (Fsp3) is 0.333. The maximum absolute atomic E-state index is 11.1. The monoisotopic (exact) mass is 327 g/mol. The van der Waals surface area contributed by atoms with Crippen LogP contribution < -0.4 is 5.01 Å². The van der Waals surface area contributed by atoms with Crippen LogP contribution in [0.2, 0.25) is 0 Å². The number of rotatable bonds is 7. The van der Waals surface area contributed by atoms with Crippen LogP contribution in [0.5, 0.6) is 0 Å². The van der Waals surface area contributed by atoms with Crippen LogP contribution in [0, 0.1) is 16.0 Å². The van der Waals surface area contributed by atoms with Gasteiger partial charge in [0.1, 0.15) is 5.69 Å². The fourth-order valence-corrected chi connectivity index (χ4v) is 2.86. The van der Waals surface area contributed by atoms with Gasteiger partial charge in [-0.15, -0.1) is 0 Å². The van der Waals surface area contributed by atoms with E-state index in [1.54, 1.807) is 12.1 Å². The summed E-state index contributed by atoms with van der Waals surface area (Å²) < 4.78 is 5.77. The first-order valence-corrected chi connectivity index (χ1v) is 7.99. The SMILES string of the molecule is CN(c1ccccc1[N+](=O)[O-])N1CC(COCc2ccccc2)C1. The van der Waals surface area contributed by atoms with Crippen LogP contribution in [0.15, 0.2) is 54.6 Å². The van der Waals surface area contributed by atoms with E-state index in [1.807, 2.05) is 36.3 Å². The molecule has 1 saturated heterocycles. The standard InChI is InChI=1S/C18H21N3O3/c1-19(17-9-5-6-10-18(17)21(22)23)20-11-16(12-20)14-24-13-15-7-3-2-4-8-15/h2-10,16H,11-14H2,1H3. The highest BCUT2D eigenvalue weighted by molar-refractivity contribution is 5.62. The third kappa shape index (κ3) is 3.72. The molecule has 0 bridgehead atoms. The normalized spacial score (nSPS) is 15.0. The van der Waals surface area contributed by atoms with Gasteiger partial charge in [-0.25, -0.2) is 5.01 Å². The Labute approximate surface area is 141 Å². The summed E-state index contributed by atoms with van der Waals surface area (Å²) in [4.78, 5) is 10.8. The molecule has 6 heteroatoms. The summed E-state index contributed by atoms with van der Waals surface area (Å²) >= 11 is 0. The van der Waals surface area contributed by atoms with Crippen molar-refractivity contribution >= 4 is 11.4 Å². The summed E-state index contributed by atoms with van der Waals surface area (Å²) in [5.41, 5.74) is 1.92. The number of hydrogen-bond donors (Lipinski definition) is 0. The molecule has 0 N–H and O–H groups in total. The number of benzene rings is 2. The molecule has 0 radical (unpaired) electrons. The second-order valence-electron chi connectivity index (χ2n) is 6.01. The molecule has 1 heterocycles. The molecule has 0 aromatic heterocycles. The van der Waals surface area contributed by atoms with Crippen LogP contribution in [-0.4, -0.2) is 36.7 Å². The lowest BCUT2D eigenvalue weighted by atomic mass is 10.0. The van der Waals surface area contributed by atoms with Crippen LogP contribution in [0.25, 0.3) is 0 Å². The maximum Gasteiger partial charge on any atom is 0.293 e. The van der Waals surface area contributed by atoms with Gasteiger partial charge in [-0.05, 0) is 11.6 Å². The first-order valence-electron chi connectivity index (χ1n) is 7.99. The Balaban J connectivity index is 1.47. The van der Waals surface area contributed by atoms with E-state index in [4.69, 9.17) is 4.74 Å². The molecule has 126 valence electrons. The molecular weight excluding hydrogens is 306 g/mol. The lowest BCUT2D eigenvalue weighted by Gasteiger charge is -2.45. The van der Waals surface area contributed by atoms with Gasteiger partial charge in [0.15, 0.2) is 0 Å². The predicted molar refractivity (Wildman–Crippen MR) is 92.7 cm³/mol. The number of nitro benzene ring substituents is 1. The zero-order chi connectivity index (χ0) is 16.9. The molecule has 0 aliphatic carbocycles.